The Labute approximate surface area is 170 Å². The summed E-state index contributed by atoms with van der Waals surface area (Å²) in [5.41, 5.74) is 0.566. The van der Waals surface area contributed by atoms with Crippen LogP contribution in [0.1, 0.15) is 12.8 Å². The van der Waals surface area contributed by atoms with Crippen LogP contribution in [0.5, 0.6) is 0 Å². The molecule has 4 heterocycles. The Morgan fingerprint density at radius 1 is 1.20 bits per heavy atom. The number of benzene rings is 1. The quantitative estimate of drug-likeness (QED) is 0.522. The summed E-state index contributed by atoms with van der Waals surface area (Å²) in [5, 5.41) is 22.4. The third-order valence-corrected chi connectivity index (χ3v) is 5.45. The molecular weight excluding hydrogens is 389 g/mol. The maximum absolute atomic E-state index is 13.3. The lowest BCUT2D eigenvalue weighted by atomic mass is 9.92. The second kappa shape index (κ2) is 7.15. The smallest absolute Gasteiger partial charge is 0.264 e. The lowest BCUT2D eigenvalue weighted by Gasteiger charge is -2.32. The Morgan fingerprint density at radius 3 is 2.77 bits per heavy atom. The number of nitrogens with one attached hydrogen (secondary N) is 1. The molecule has 0 bridgehead atoms. The van der Waals surface area contributed by atoms with E-state index < -0.39 is 11.5 Å². The Balaban J connectivity index is 1.51. The molecule has 1 saturated heterocycles. The Bertz CT molecular complexity index is 1270. The van der Waals surface area contributed by atoms with Crippen LogP contribution in [0, 0.1) is 5.95 Å². The molecule has 0 atom stereocenters. The number of halogens is 1. The number of rotatable bonds is 4. The van der Waals surface area contributed by atoms with Crippen molar-refractivity contribution in [3.05, 3.63) is 65.4 Å². The minimum atomic E-state index is -0.923. The van der Waals surface area contributed by atoms with Crippen molar-refractivity contribution in [3.63, 3.8) is 0 Å². The van der Waals surface area contributed by atoms with Crippen molar-refractivity contribution in [2.24, 2.45) is 0 Å². The average Bonchev–Trinajstić information content (AvgIpc) is 3.37. The second-order valence-electron chi connectivity index (χ2n) is 7.55. The summed E-state index contributed by atoms with van der Waals surface area (Å²) in [6.45, 7) is 1.63. The van der Waals surface area contributed by atoms with Crippen LogP contribution in [-0.2, 0) is 6.54 Å². The molecule has 1 fully saturated rings. The minimum Gasteiger partial charge on any atom is -0.388 e. The number of aromatic nitrogens is 6. The second-order valence-corrected chi connectivity index (χ2v) is 7.55. The monoisotopic (exact) mass is 409 g/mol. The van der Waals surface area contributed by atoms with E-state index in [0.29, 0.717) is 35.2 Å². The molecule has 1 aliphatic rings. The number of nitrogens with zero attached hydrogens (tertiary/aromatic N) is 6. The summed E-state index contributed by atoms with van der Waals surface area (Å²) in [6, 6.07) is 8.47. The Hall–Kier alpha value is -3.37. The van der Waals surface area contributed by atoms with E-state index in [2.05, 4.69) is 20.5 Å². The first-order valence-corrected chi connectivity index (χ1v) is 9.71. The van der Waals surface area contributed by atoms with Gasteiger partial charge in [-0.1, -0.05) is 6.07 Å². The zero-order valence-corrected chi connectivity index (χ0v) is 16.1. The fraction of sp³-hybridized carbons (Fsp3) is 0.300. The molecule has 4 aromatic rings. The Morgan fingerprint density at radius 2 is 2.00 bits per heavy atom. The fourth-order valence-corrected chi connectivity index (χ4v) is 3.83. The van der Waals surface area contributed by atoms with Gasteiger partial charge in [-0.25, -0.2) is 14.3 Å². The van der Waals surface area contributed by atoms with Crippen LogP contribution in [-0.4, -0.2) is 52.9 Å². The van der Waals surface area contributed by atoms with Crippen LogP contribution in [0.25, 0.3) is 22.4 Å². The molecule has 10 heteroatoms. The molecule has 9 nitrogen and oxygen atoms in total. The molecule has 0 radical (unpaired) electrons. The van der Waals surface area contributed by atoms with Gasteiger partial charge >= 0.3 is 0 Å². The van der Waals surface area contributed by atoms with Crippen molar-refractivity contribution in [1.82, 2.24) is 34.4 Å². The van der Waals surface area contributed by atoms with Gasteiger partial charge in [0, 0.05) is 12.3 Å². The van der Waals surface area contributed by atoms with E-state index in [1.165, 1.54) is 34.0 Å². The minimum absolute atomic E-state index is 0.196. The van der Waals surface area contributed by atoms with Crippen LogP contribution < -0.4 is 10.9 Å². The SMILES string of the molecule is O=c1c2cnn(-c3cccc(-n4ccc(F)n4)c3)c2ncn1CC1(O)CCNCC1. The van der Waals surface area contributed by atoms with Crippen molar-refractivity contribution >= 4 is 11.0 Å². The summed E-state index contributed by atoms with van der Waals surface area (Å²) < 4.78 is 17.7. The zero-order valence-electron chi connectivity index (χ0n) is 16.1. The molecule has 30 heavy (non-hydrogen) atoms. The summed E-state index contributed by atoms with van der Waals surface area (Å²) >= 11 is 0. The molecule has 3 aromatic heterocycles. The van der Waals surface area contributed by atoms with Crippen molar-refractivity contribution in [3.8, 4) is 11.4 Å². The molecule has 154 valence electrons. The number of piperidine rings is 1. The van der Waals surface area contributed by atoms with Crippen LogP contribution in [0.4, 0.5) is 4.39 Å². The van der Waals surface area contributed by atoms with Crippen molar-refractivity contribution in [1.29, 1.82) is 0 Å². The largest absolute Gasteiger partial charge is 0.388 e. The van der Waals surface area contributed by atoms with E-state index in [0.717, 1.165) is 13.1 Å². The number of aliphatic hydroxyl groups is 1. The Kier molecular flexibility index (Phi) is 4.44. The topological polar surface area (TPSA) is 103 Å². The lowest BCUT2D eigenvalue weighted by molar-refractivity contribution is -0.00628. The van der Waals surface area contributed by atoms with Gasteiger partial charge in [-0.15, -0.1) is 5.10 Å². The van der Waals surface area contributed by atoms with Gasteiger partial charge in [-0.3, -0.25) is 9.36 Å². The highest BCUT2D eigenvalue weighted by Gasteiger charge is 2.30. The molecule has 1 aromatic carbocycles. The molecule has 5 rings (SSSR count). The molecule has 0 unspecified atom stereocenters. The van der Waals surface area contributed by atoms with Crippen molar-refractivity contribution in [2.75, 3.05) is 13.1 Å². The normalized spacial score (nSPS) is 16.2. The van der Waals surface area contributed by atoms with Gasteiger partial charge in [-0.05, 0) is 44.1 Å². The maximum atomic E-state index is 13.3. The predicted octanol–water partition coefficient (Wildman–Crippen LogP) is 1.02. The van der Waals surface area contributed by atoms with Crippen LogP contribution in [0.3, 0.4) is 0 Å². The van der Waals surface area contributed by atoms with E-state index in [1.54, 1.807) is 22.9 Å². The zero-order chi connectivity index (χ0) is 20.7. The first-order chi connectivity index (χ1) is 14.5. The first kappa shape index (κ1) is 18.6. The molecule has 0 saturated carbocycles. The maximum Gasteiger partial charge on any atom is 0.264 e. The van der Waals surface area contributed by atoms with Gasteiger partial charge in [0.05, 0.1) is 29.7 Å². The van der Waals surface area contributed by atoms with Crippen LogP contribution in [0.2, 0.25) is 0 Å². The first-order valence-electron chi connectivity index (χ1n) is 9.71. The highest BCUT2D eigenvalue weighted by molar-refractivity contribution is 5.75. The molecular formula is C20H20FN7O2. The third-order valence-electron chi connectivity index (χ3n) is 5.45. The van der Waals surface area contributed by atoms with E-state index in [1.807, 2.05) is 6.07 Å². The van der Waals surface area contributed by atoms with Gasteiger partial charge in [0.1, 0.15) is 11.7 Å². The summed E-state index contributed by atoms with van der Waals surface area (Å²) in [5.74, 6) is -0.567. The van der Waals surface area contributed by atoms with Crippen LogP contribution >= 0.6 is 0 Å². The molecule has 0 amide bonds. The molecule has 0 spiro atoms. The van der Waals surface area contributed by atoms with E-state index in [9.17, 15) is 14.3 Å². The van der Waals surface area contributed by atoms with E-state index in [4.69, 9.17) is 0 Å². The average molecular weight is 409 g/mol. The van der Waals surface area contributed by atoms with Gasteiger partial charge in [0.25, 0.3) is 5.56 Å². The van der Waals surface area contributed by atoms with Crippen molar-refractivity contribution < 1.29 is 9.50 Å². The fourth-order valence-electron chi connectivity index (χ4n) is 3.83. The van der Waals surface area contributed by atoms with Gasteiger partial charge in [0.2, 0.25) is 5.95 Å². The summed E-state index contributed by atoms with van der Waals surface area (Å²) in [6.07, 6.45) is 5.62. The number of hydrogen-bond donors (Lipinski definition) is 2. The molecule has 0 aliphatic carbocycles. The van der Waals surface area contributed by atoms with Gasteiger partial charge in [-0.2, -0.15) is 9.49 Å². The lowest BCUT2D eigenvalue weighted by Crippen LogP contribution is -2.46. The highest BCUT2D eigenvalue weighted by atomic mass is 19.1. The number of hydrogen-bond acceptors (Lipinski definition) is 6. The summed E-state index contributed by atoms with van der Waals surface area (Å²) in [7, 11) is 0. The van der Waals surface area contributed by atoms with Crippen molar-refractivity contribution in [2.45, 2.75) is 25.0 Å². The molecule has 2 N–H and O–H groups in total. The third kappa shape index (κ3) is 3.29. The standard InChI is InChI=1S/C20H20FN7O2/c21-17-4-9-27(25-17)14-2-1-3-15(10-14)28-18-16(11-24-28)19(29)26(13-23-18)12-20(30)5-7-22-8-6-20/h1-4,9-11,13,22,30H,5-8,12H2. The van der Waals surface area contributed by atoms with Gasteiger partial charge in [0.15, 0.2) is 5.65 Å². The highest BCUT2D eigenvalue weighted by Crippen LogP contribution is 2.21. The summed E-state index contributed by atoms with van der Waals surface area (Å²) in [4.78, 5) is 17.4. The number of fused-ring (bicyclic) bond motifs is 1. The van der Waals surface area contributed by atoms with E-state index >= 15 is 0 Å². The molecule has 1 aliphatic heterocycles. The predicted molar refractivity (Wildman–Crippen MR) is 107 cm³/mol. The van der Waals surface area contributed by atoms with Gasteiger partial charge < -0.3 is 10.4 Å². The van der Waals surface area contributed by atoms with Crippen LogP contribution in [0.15, 0.2) is 53.8 Å². The van der Waals surface area contributed by atoms with E-state index in [-0.39, 0.29) is 12.1 Å².